The Kier molecular flexibility index (Phi) is 13.2. The maximum absolute atomic E-state index is 12.7. The third-order valence-electron chi connectivity index (χ3n) is 7.05. The van der Waals surface area contributed by atoms with Crippen LogP contribution in [0.15, 0.2) is 36.4 Å². The zero-order valence-electron chi connectivity index (χ0n) is 24.3. The van der Waals surface area contributed by atoms with Crippen LogP contribution in [-0.2, 0) is 16.0 Å². The first kappa shape index (κ1) is 32.1. The number of amides is 2. The van der Waals surface area contributed by atoms with E-state index >= 15 is 0 Å². The smallest absolute Gasteiger partial charge is 0.331 e. The van der Waals surface area contributed by atoms with Crippen LogP contribution in [0.5, 0.6) is 17.2 Å². The van der Waals surface area contributed by atoms with Gasteiger partial charge in [0, 0.05) is 19.5 Å². The molecule has 2 aromatic rings. The summed E-state index contributed by atoms with van der Waals surface area (Å²) in [5, 5.41) is 15.1. The van der Waals surface area contributed by atoms with Crippen molar-refractivity contribution in [2.24, 2.45) is 0 Å². The van der Waals surface area contributed by atoms with Gasteiger partial charge in [0.05, 0.1) is 34.9 Å². The molecule has 1 heterocycles. The minimum absolute atomic E-state index is 0.267. The molecule has 0 radical (unpaired) electrons. The molecule has 0 bridgehead atoms. The monoisotopic (exact) mass is 543 g/mol. The highest BCUT2D eigenvalue weighted by atomic mass is 16.6. The van der Waals surface area contributed by atoms with Gasteiger partial charge in [-0.1, -0.05) is 57.4 Å². The van der Waals surface area contributed by atoms with E-state index in [2.05, 4.69) is 17.1 Å². The van der Waals surface area contributed by atoms with Gasteiger partial charge in [0.25, 0.3) is 0 Å². The molecule has 2 atom stereocenters. The lowest BCUT2D eigenvalue weighted by molar-refractivity contribution is -0.788. The molecule has 0 saturated carbocycles. The van der Waals surface area contributed by atoms with Crippen LogP contribution < -0.4 is 19.5 Å². The summed E-state index contributed by atoms with van der Waals surface area (Å²) in [5.41, 5.74) is 2.94. The van der Waals surface area contributed by atoms with Crippen molar-refractivity contribution in [2.45, 2.75) is 52.0 Å². The first-order valence-corrected chi connectivity index (χ1v) is 13.7. The summed E-state index contributed by atoms with van der Waals surface area (Å²) in [6.45, 7) is 6.73. The maximum atomic E-state index is 12.7. The Balaban J connectivity index is 0.000000510. The molecule has 2 amide bonds. The second kappa shape index (κ2) is 16.1. The molecular weight excluding hydrogens is 498 g/mol. The lowest BCUT2D eigenvalue weighted by atomic mass is 9.98. The number of piperazine rings is 1. The van der Waals surface area contributed by atoms with E-state index in [9.17, 15) is 14.8 Å². The molecule has 1 saturated heterocycles. The molecule has 9 nitrogen and oxygen atoms in total. The van der Waals surface area contributed by atoms with Gasteiger partial charge in [0.2, 0.25) is 12.2 Å². The molecule has 1 aliphatic rings. The number of nitrogens with zero attached hydrogens (tertiary/aromatic N) is 2. The van der Waals surface area contributed by atoms with E-state index in [1.807, 2.05) is 43.3 Å². The van der Waals surface area contributed by atoms with Crippen molar-refractivity contribution in [3.8, 4) is 28.4 Å². The Morgan fingerprint density at radius 2 is 1.64 bits per heavy atom. The van der Waals surface area contributed by atoms with E-state index < -0.39 is 10.7 Å². The number of hydroxylamine groups is 3. The van der Waals surface area contributed by atoms with Gasteiger partial charge in [-0.05, 0) is 41.8 Å². The zero-order valence-corrected chi connectivity index (χ0v) is 24.3. The van der Waals surface area contributed by atoms with Crippen molar-refractivity contribution in [2.75, 3.05) is 54.6 Å². The highest BCUT2D eigenvalue weighted by molar-refractivity contribution is 5.77. The number of rotatable bonds is 13. The number of methoxy groups -OCH3 is 3. The number of carbonyl (C=O) groups is 2. The largest absolute Gasteiger partial charge is 0.625 e. The average Bonchev–Trinajstić information content (AvgIpc) is 2.95. The molecule has 2 aromatic carbocycles. The fourth-order valence-corrected chi connectivity index (χ4v) is 4.67. The number of carbonyl (C=O) groups excluding carboxylic acids is 2. The molecule has 216 valence electrons. The highest BCUT2D eigenvalue weighted by Gasteiger charge is 2.40. The van der Waals surface area contributed by atoms with Crippen molar-refractivity contribution in [3.05, 3.63) is 47.2 Å². The van der Waals surface area contributed by atoms with Crippen molar-refractivity contribution in [1.29, 1.82) is 0 Å². The van der Waals surface area contributed by atoms with Gasteiger partial charge in [-0.25, -0.2) is 4.79 Å². The summed E-state index contributed by atoms with van der Waals surface area (Å²) < 4.78 is 15.5. The number of likely N-dealkylation sites (N-methyl/N-ethyl adjacent to an activating group) is 2. The molecule has 39 heavy (non-hydrogen) atoms. The fraction of sp³-hybridized carbons (Fsp3) is 0.533. The summed E-state index contributed by atoms with van der Waals surface area (Å²) in [4.78, 5) is 24.5. The lowest BCUT2D eigenvalue weighted by Gasteiger charge is -2.46. The number of ether oxygens (including phenoxy) is 3. The van der Waals surface area contributed by atoms with Gasteiger partial charge in [-0.15, -0.1) is 0 Å². The van der Waals surface area contributed by atoms with Crippen molar-refractivity contribution in [3.63, 3.8) is 0 Å². The minimum Gasteiger partial charge on any atom is -0.625 e. The Morgan fingerprint density at radius 1 is 1.00 bits per heavy atom. The third kappa shape index (κ3) is 8.95. The molecule has 2 unspecified atom stereocenters. The van der Waals surface area contributed by atoms with Crippen LogP contribution in [0, 0.1) is 5.21 Å². The number of unbranched alkanes of at least 4 members (excludes halogenated alkanes) is 3. The quantitative estimate of drug-likeness (QED) is 0.173. The Hall–Kier alpha value is -3.14. The summed E-state index contributed by atoms with van der Waals surface area (Å²) in [6.07, 6.45) is 6.16. The fourth-order valence-electron chi connectivity index (χ4n) is 4.67. The third-order valence-corrected chi connectivity index (χ3v) is 7.05. The summed E-state index contributed by atoms with van der Waals surface area (Å²) in [5.74, 6) is 1.47. The van der Waals surface area contributed by atoms with Gasteiger partial charge in [-0.3, -0.25) is 14.3 Å². The van der Waals surface area contributed by atoms with Crippen LogP contribution in [0.25, 0.3) is 11.1 Å². The topological polar surface area (TPSA) is 100 Å². The number of nitrogens with one attached hydrogen (secondary N) is 1. The molecule has 1 aliphatic heterocycles. The van der Waals surface area contributed by atoms with Crippen LogP contribution in [-0.4, -0.2) is 82.5 Å². The molecular formula is C30H45N3O6. The van der Waals surface area contributed by atoms with Crippen LogP contribution in [0.2, 0.25) is 0 Å². The second-order valence-corrected chi connectivity index (χ2v) is 9.75. The highest BCUT2D eigenvalue weighted by Crippen LogP contribution is 2.41. The van der Waals surface area contributed by atoms with Gasteiger partial charge in [0.1, 0.15) is 6.04 Å². The van der Waals surface area contributed by atoms with E-state index in [4.69, 9.17) is 14.2 Å². The molecule has 0 aromatic heterocycles. The van der Waals surface area contributed by atoms with Crippen molar-refractivity contribution in [1.82, 2.24) is 10.2 Å². The second-order valence-electron chi connectivity index (χ2n) is 9.75. The minimum atomic E-state index is -0.801. The normalized spacial score (nSPS) is 19.1. The molecule has 1 fully saturated rings. The van der Waals surface area contributed by atoms with E-state index in [0.717, 1.165) is 42.6 Å². The Bertz CT molecular complexity index is 1020. The predicted octanol–water partition coefficient (Wildman–Crippen LogP) is 4.41. The summed E-state index contributed by atoms with van der Waals surface area (Å²) >= 11 is 0. The van der Waals surface area contributed by atoms with Crippen molar-refractivity contribution >= 4 is 12.3 Å². The lowest BCUT2D eigenvalue weighted by Crippen LogP contribution is -2.63. The SMILES string of the molecule is CCCCCCNC=O.CCN1CC[N+](C)([O-])C(=O)C1Cc1ccc(-c2cc(OC)c(OC)c(OC)c2)cc1. The van der Waals surface area contributed by atoms with Crippen LogP contribution in [0.1, 0.15) is 45.1 Å². The van der Waals surface area contributed by atoms with Gasteiger partial charge >= 0.3 is 5.91 Å². The first-order chi connectivity index (χ1) is 18.8. The number of hydrogen-bond acceptors (Lipinski definition) is 7. The first-order valence-electron chi connectivity index (χ1n) is 13.7. The number of hydrogen-bond donors (Lipinski definition) is 1. The molecule has 0 aliphatic carbocycles. The summed E-state index contributed by atoms with van der Waals surface area (Å²) in [6, 6.07) is 11.4. The molecule has 0 spiro atoms. The Labute approximate surface area is 233 Å². The predicted molar refractivity (Wildman–Crippen MR) is 154 cm³/mol. The number of quaternary nitrogens is 1. The number of benzene rings is 2. The van der Waals surface area contributed by atoms with Gasteiger partial charge in [-0.2, -0.15) is 0 Å². The van der Waals surface area contributed by atoms with Crippen LogP contribution in [0.4, 0.5) is 0 Å². The van der Waals surface area contributed by atoms with E-state index in [1.165, 1.54) is 26.3 Å². The maximum Gasteiger partial charge on any atom is 0.331 e. The Morgan fingerprint density at radius 3 is 2.15 bits per heavy atom. The average molecular weight is 544 g/mol. The van der Waals surface area contributed by atoms with E-state index in [1.54, 1.807) is 21.3 Å². The zero-order chi connectivity index (χ0) is 28.8. The molecule has 3 rings (SSSR count). The van der Waals surface area contributed by atoms with Gasteiger partial charge < -0.3 is 24.7 Å². The summed E-state index contributed by atoms with van der Waals surface area (Å²) in [7, 11) is 6.21. The van der Waals surface area contributed by atoms with E-state index in [-0.39, 0.29) is 5.91 Å². The van der Waals surface area contributed by atoms with Crippen molar-refractivity contribution < 1.29 is 28.4 Å². The van der Waals surface area contributed by atoms with Gasteiger partial charge in [0.15, 0.2) is 11.5 Å². The van der Waals surface area contributed by atoms with Crippen LogP contribution in [0.3, 0.4) is 0 Å². The molecule has 1 N–H and O–H groups in total. The molecule has 9 heteroatoms. The standard InChI is InChI=1S/C23H30N2O5.C7H15NO/c1-6-24-11-12-25(2,27)23(26)19(24)13-16-7-9-17(10-8-16)18-14-20(28-3)22(30-5)21(15-18)29-4;1-2-3-4-5-6-8-7-9/h7-10,14-15,19H,6,11-13H2,1-5H3;7H,2-6H2,1H3,(H,8,9). The van der Waals surface area contributed by atoms with E-state index in [0.29, 0.717) is 36.8 Å². The van der Waals surface area contributed by atoms with Crippen LogP contribution >= 0.6 is 0 Å².